The summed E-state index contributed by atoms with van der Waals surface area (Å²) in [4.78, 5) is 0. The highest BCUT2D eigenvalue weighted by Gasteiger charge is 1.27. The van der Waals surface area contributed by atoms with Gasteiger partial charge in [-0.1, -0.05) is 6.58 Å². The average Bonchev–Trinajstić information content (AvgIpc) is 1.37. The van der Waals surface area contributed by atoms with Crippen molar-refractivity contribution in [1.82, 2.24) is 0 Å². The predicted octanol–water partition coefficient (Wildman–Crippen LogP) is 1.72. The lowest BCUT2D eigenvalue weighted by Crippen LogP contribution is -1.03. The lowest BCUT2D eigenvalue weighted by Gasteiger charge is -1.35. The summed E-state index contributed by atoms with van der Waals surface area (Å²) < 4.78 is 1.73. The predicted molar refractivity (Wildman–Crippen MR) is 27.7 cm³/mol. The van der Waals surface area contributed by atoms with Crippen LogP contribution in [0.5, 0.6) is 0 Å². The molecular weight excluding hydrogens is 163 g/mol. The van der Waals surface area contributed by atoms with Gasteiger partial charge in [-0.3, -0.25) is 0 Å². The fourth-order valence-corrected chi connectivity index (χ4v) is 0. The first-order chi connectivity index (χ1) is 1.91. The first-order valence-corrected chi connectivity index (χ1v) is 2.11. The van der Waals surface area contributed by atoms with E-state index in [1.54, 1.807) is 4.08 Å². The highest BCUT2D eigenvalue weighted by Crippen LogP contribution is 1.73. The van der Waals surface area contributed by atoms with Gasteiger partial charge in [-0.2, -0.15) is 0 Å². The van der Waals surface area contributed by atoms with E-state index in [9.17, 15) is 0 Å². The van der Waals surface area contributed by atoms with Crippen LogP contribution in [-0.4, -0.2) is 0 Å². The third-order valence-electron chi connectivity index (χ3n) is 0.0772. The summed E-state index contributed by atoms with van der Waals surface area (Å²) in [6.07, 6.45) is 0. The molecule has 0 unspecified atom stereocenters. The topological polar surface area (TPSA) is 0 Å². The quantitative estimate of drug-likeness (QED) is 0.379. The summed E-state index contributed by atoms with van der Waals surface area (Å²) in [5, 5.41) is 0. The van der Waals surface area contributed by atoms with E-state index in [1.165, 1.54) is 0 Å². The van der Waals surface area contributed by atoms with Crippen LogP contribution >= 0.6 is 22.6 Å². The van der Waals surface area contributed by atoms with Gasteiger partial charge in [0.05, 0.1) is 0 Å². The molecule has 0 aromatic heterocycles. The molecule has 0 spiro atoms. The van der Waals surface area contributed by atoms with Gasteiger partial charge in [0, 0.05) is 4.08 Å². The molecule has 0 radical (unpaired) electrons. The van der Waals surface area contributed by atoms with Crippen molar-refractivity contribution in [2.75, 3.05) is 0 Å². The highest BCUT2D eigenvalue weighted by molar-refractivity contribution is 14.1. The summed E-state index contributed by atoms with van der Waals surface area (Å²) >= 11 is 2.05. The molecule has 0 amide bonds. The van der Waals surface area contributed by atoms with Gasteiger partial charge in [0.25, 0.3) is 0 Å². The second-order valence-corrected chi connectivity index (χ2v) is 0.936. The average molecular weight is 166 g/mol. The van der Waals surface area contributed by atoms with Crippen molar-refractivity contribution in [3.05, 3.63) is 16.4 Å². The van der Waals surface area contributed by atoms with E-state index in [0.29, 0.717) is 0 Å². The molecule has 0 saturated carbocycles. The molecule has 0 N–H and O–H groups in total. The highest BCUT2D eigenvalue weighted by atomic mass is 127. The lowest BCUT2D eigenvalue weighted by atomic mass is 11.0. The Kier molecular flexibility index (Phi) is 3.45. The summed E-state index contributed by atoms with van der Waals surface area (Å²) in [6.45, 7) is 3.29. The van der Waals surface area contributed by atoms with E-state index in [2.05, 4.69) is 34.9 Å². The van der Waals surface area contributed by atoms with Crippen LogP contribution in [0.2, 0.25) is 0 Å². The van der Waals surface area contributed by atoms with Crippen molar-refractivity contribution < 1.29 is 0 Å². The molecule has 0 nitrogen and oxygen atoms in total. The van der Waals surface area contributed by atoms with E-state index < -0.39 is 0 Å². The Hall–Kier alpha value is 0.250. The van der Waals surface area contributed by atoms with Crippen LogP contribution in [0.25, 0.3) is 0 Å². The standard InChI is InChI=1S/C3H3I/c1-2-3-4/h3H,1H2. The fraction of sp³-hybridized carbons (Fsp3) is 0. The number of halogens is 1. The van der Waals surface area contributed by atoms with E-state index in [1.807, 2.05) is 0 Å². The van der Waals surface area contributed by atoms with Crippen molar-refractivity contribution in [3.8, 4) is 0 Å². The third kappa shape index (κ3) is 2.25. The van der Waals surface area contributed by atoms with Gasteiger partial charge in [0.2, 0.25) is 0 Å². The molecule has 1 heteroatoms. The minimum Gasteiger partial charge on any atom is -0.122 e. The Labute approximate surface area is 39.4 Å². The molecule has 0 saturated heterocycles. The SMILES string of the molecule is C=C=CI. The molecule has 0 aliphatic rings. The lowest BCUT2D eigenvalue weighted by molar-refractivity contribution is 2.49. The summed E-state index contributed by atoms with van der Waals surface area (Å²) in [7, 11) is 0. The van der Waals surface area contributed by atoms with Gasteiger partial charge in [-0.15, -0.1) is 5.73 Å². The second-order valence-electron chi connectivity index (χ2n) is 0.313. The number of hydrogen-bond donors (Lipinski definition) is 0. The van der Waals surface area contributed by atoms with E-state index in [4.69, 9.17) is 0 Å². The largest absolute Gasteiger partial charge is 0.122 e. The molecule has 22 valence electrons. The van der Waals surface area contributed by atoms with Crippen LogP contribution in [0.3, 0.4) is 0 Å². The molecule has 0 aromatic rings. The Bertz CT molecular complexity index is 41.2. The monoisotopic (exact) mass is 166 g/mol. The Morgan fingerprint density at radius 3 is 2.25 bits per heavy atom. The smallest absolute Gasteiger partial charge is 0.0180 e. The Balaban J connectivity index is 3.11. The van der Waals surface area contributed by atoms with E-state index >= 15 is 0 Å². The third-order valence-corrected chi connectivity index (χ3v) is 0.518. The first-order valence-electron chi connectivity index (χ1n) is 0.860. The van der Waals surface area contributed by atoms with Crippen molar-refractivity contribution in [2.45, 2.75) is 0 Å². The van der Waals surface area contributed by atoms with Crippen molar-refractivity contribution in [3.63, 3.8) is 0 Å². The van der Waals surface area contributed by atoms with Crippen LogP contribution in [0.4, 0.5) is 0 Å². The van der Waals surface area contributed by atoms with Gasteiger partial charge >= 0.3 is 0 Å². The molecule has 4 heavy (non-hydrogen) atoms. The van der Waals surface area contributed by atoms with Gasteiger partial charge in [-0.05, 0) is 22.6 Å². The summed E-state index contributed by atoms with van der Waals surface area (Å²) in [5.74, 6) is 0. The Morgan fingerprint density at radius 1 is 2.00 bits per heavy atom. The minimum atomic E-state index is 1.73. The molecule has 0 aromatic carbocycles. The van der Waals surface area contributed by atoms with Crippen LogP contribution in [-0.2, 0) is 0 Å². The maximum absolute atomic E-state index is 3.29. The van der Waals surface area contributed by atoms with Gasteiger partial charge in [0.15, 0.2) is 0 Å². The zero-order valence-corrected chi connectivity index (χ0v) is 4.32. The summed E-state index contributed by atoms with van der Waals surface area (Å²) in [6, 6.07) is 0. The van der Waals surface area contributed by atoms with E-state index in [-0.39, 0.29) is 0 Å². The zero-order valence-electron chi connectivity index (χ0n) is 2.16. The normalized spacial score (nSPS) is 4.25. The van der Waals surface area contributed by atoms with Crippen LogP contribution in [0, 0.1) is 0 Å². The van der Waals surface area contributed by atoms with Crippen LogP contribution in [0.15, 0.2) is 16.4 Å². The molecule has 0 atom stereocenters. The fourth-order valence-electron chi connectivity index (χ4n) is 0. The van der Waals surface area contributed by atoms with Gasteiger partial charge in [-0.25, -0.2) is 0 Å². The number of hydrogen-bond acceptors (Lipinski definition) is 0. The minimum absolute atomic E-state index is 1.73. The van der Waals surface area contributed by atoms with Crippen molar-refractivity contribution in [1.29, 1.82) is 0 Å². The van der Waals surface area contributed by atoms with Crippen LogP contribution < -0.4 is 0 Å². The molecule has 0 heterocycles. The molecule has 0 bridgehead atoms. The maximum atomic E-state index is 3.29. The van der Waals surface area contributed by atoms with E-state index in [0.717, 1.165) is 0 Å². The summed E-state index contributed by atoms with van der Waals surface area (Å²) in [5.41, 5.74) is 2.54. The van der Waals surface area contributed by atoms with Gasteiger partial charge in [0.1, 0.15) is 0 Å². The maximum Gasteiger partial charge on any atom is 0.0180 e. The van der Waals surface area contributed by atoms with Crippen molar-refractivity contribution >= 4 is 22.6 Å². The second kappa shape index (κ2) is 3.25. The van der Waals surface area contributed by atoms with Gasteiger partial charge < -0.3 is 0 Å². The van der Waals surface area contributed by atoms with Crippen LogP contribution in [0.1, 0.15) is 0 Å². The number of rotatable bonds is 0. The molecular formula is C3H3I. The molecule has 0 aliphatic heterocycles. The Morgan fingerprint density at radius 2 is 2.25 bits per heavy atom. The molecule has 0 aliphatic carbocycles. The zero-order chi connectivity index (χ0) is 3.41. The van der Waals surface area contributed by atoms with Crippen molar-refractivity contribution in [2.24, 2.45) is 0 Å². The molecule has 0 rings (SSSR count). The molecule has 0 fully saturated rings. The first kappa shape index (κ1) is 4.25.